The summed E-state index contributed by atoms with van der Waals surface area (Å²) in [7, 11) is 0. The highest BCUT2D eigenvalue weighted by Gasteiger charge is 2.23. The average Bonchev–Trinajstić information content (AvgIpc) is 2.33. The van der Waals surface area contributed by atoms with Crippen LogP contribution < -0.4 is 0 Å². The van der Waals surface area contributed by atoms with E-state index in [-0.39, 0.29) is 30.0 Å². The van der Waals surface area contributed by atoms with Crippen molar-refractivity contribution >= 4 is 5.97 Å². The maximum atomic E-state index is 10.6. The second-order valence-electron chi connectivity index (χ2n) is 5.21. The number of phenols is 2. The summed E-state index contributed by atoms with van der Waals surface area (Å²) in [5, 5.41) is 28.6. The van der Waals surface area contributed by atoms with Gasteiger partial charge in [-0.15, -0.1) is 0 Å². The lowest BCUT2D eigenvalue weighted by Gasteiger charge is -2.33. The predicted molar refractivity (Wildman–Crippen MR) is 76.9 cm³/mol. The molecule has 20 heavy (non-hydrogen) atoms. The molecule has 1 aromatic carbocycles. The van der Waals surface area contributed by atoms with Crippen molar-refractivity contribution in [2.75, 3.05) is 6.54 Å². The Morgan fingerprint density at radius 1 is 1.20 bits per heavy atom. The van der Waals surface area contributed by atoms with Crippen molar-refractivity contribution in [2.24, 2.45) is 0 Å². The molecule has 0 heterocycles. The Morgan fingerprint density at radius 3 is 2.20 bits per heavy atom. The van der Waals surface area contributed by atoms with Crippen molar-refractivity contribution in [3.63, 3.8) is 0 Å². The summed E-state index contributed by atoms with van der Waals surface area (Å²) in [5.41, 5.74) is 0.483. The molecule has 5 nitrogen and oxygen atoms in total. The number of hydrogen-bond acceptors (Lipinski definition) is 4. The fourth-order valence-corrected chi connectivity index (χ4v) is 2.45. The zero-order valence-corrected chi connectivity index (χ0v) is 12.2. The van der Waals surface area contributed by atoms with Gasteiger partial charge in [-0.05, 0) is 45.9 Å². The summed E-state index contributed by atoms with van der Waals surface area (Å²) < 4.78 is 0. The van der Waals surface area contributed by atoms with Crippen LogP contribution >= 0.6 is 0 Å². The summed E-state index contributed by atoms with van der Waals surface area (Å²) in [6.45, 7) is 6.51. The minimum Gasteiger partial charge on any atom is -0.507 e. The quantitative estimate of drug-likeness (QED) is 0.716. The molecule has 5 heteroatoms. The van der Waals surface area contributed by atoms with Crippen LogP contribution in [0.2, 0.25) is 0 Å². The van der Waals surface area contributed by atoms with Crippen LogP contribution in [0.25, 0.3) is 0 Å². The number of nitrogens with zero attached hydrogens (tertiary/aromatic N) is 1. The van der Waals surface area contributed by atoms with Gasteiger partial charge in [0.2, 0.25) is 0 Å². The van der Waals surface area contributed by atoms with Crippen LogP contribution in [0.15, 0.2) is 18.2 Å². The van der Waals surface area contributed by atoms with Gasteiger partial charge >= 0.3 is 5.97 Å². The fraction of sp³-hybridized carbons (Fsp3) is 0.533. The van der Waals surface area contributed by atoms with E-state index >= 15 is 0 Å². The molecule has 0 bridgehead atoms. The monoisotopic (exact) mass is 281 g/mol. The molecule has 1 unspecified atom stereocenters. The molecular formula is C15H23NO4. The van der Waals surface area contributed by atoms with Crippen molar-refractivity contribution in [3.05, 3.63) is 23.8 Å². The Balaban J connectivity index is 2.88. The molecule has 0 radical (unpaired) electrons. The first-order chi connectivity index (χ1) is 9.34. The third kappa shape index (κ3) is 4.13. The van der Waals surface area contributed by atoms with Crippen LogP contribution in [0.3, 0.4) is 0 Å². The van der Waals surface area contributed by atoms with E-state index in [2.05, 4.69) is 4.90 Å². The first-order valence-electron chi connectivity index (χ1n) is 6.83. The normalized spacial score (nSPS) is 12.8. The van der Waals surface area contributed by atoms with Gasteiger partial charge in [-0.3, -0.25) is 9.69 Å². The standard InChI is InChI=1S/C15H23NO4/c1-10(2)16(9-5-8-14(19)20)11(3)15-12(17)6-4-7-13(15)18/h4,6-7,10-11,17-18H,5,8-9H2,1-3H3,(H,19,20). The smallest absolute Gasteiger partial charge is 0.303 e. The number of benzene rings is 1. The maximum Gasteiger partial charge on any atom is 0.303 e. The van der Waals surface area contributed by atoms with Gasteiger partial charge in [0, 0.05) is 18.5 Å². The summed E-state index contributed by atoms with van der Waals surface area (Å²) in [6, 6.07) is 4.66. The van der Waals surface area contributed by atoms with Crippen molar-refractivity contribution in [1.82, 2.24) is 4.90 Å². The number of hydrogen-bond donors (Lipinski definition) is 3. The van der Waals surface area contributed by atoms with Gasteiger partial charge in [-0.2, -0.15) is 0 Å². The van der Waals surface area contributed by atoms with E-state index in [0.717, 1.165) is 0 Å². The SMILES string of the molecule is CC(C)N(CCCC(=O)O)C(C)c1c(O)cccc1O. The lowest BCUT2D eigenvalue weighted by molar-refractivity contribution is -0.137. The summed E-state index contributed by atoms with van der Waals surface area (Å²) in [6.07, 6.45) is 0.648. The summed E-state index contributed by atoms with van der Waals surface area (Å²) in [4.78, 5) is 12.7. The molecule has 0 aliphatic rings. The Bertz CT molecular complexity index is 439. The zero-order valence-electron chi connectivity index (χ0n) is 12.2. The van der Waals surface area contributed by atoms with Crippen molar-refractivity contribution in [2.45, 2.75) is 45.7 Å². The highest BCUT2D eigenvalue weighted by atomic mass is 16.4. The molecule has 0 spiro atoms. The van der Waals surface area contributed by atoms with E-state index in [1.165, 1.54) is 0 Å². The van der Waals surface area contributed by atoms with Gasteiger partial charge in [0.1, 0.15) is 11.5 Å². The van der Waals surface area contributed by atoms with Crippen LogP contribution in [0, 0.1) is 0 Å². The van der Waals surface area contributed by atoms with Gasteiger partial charge in [0.15, 0.2) is 0 Å². The van der Waals surface area contributed by atoms with Gasteiger partial charge < -0.3 is 15.3 Å². The van der Waals surface area contributed by atoms with Gasteiger partial charge in [0.25, 0.3) is 0 Å². The number of phenolic OH excluding ortho intramolecular Hbond substituents is 2. The number of carboxylic acids is 1. The van der Waals surface area contributed by atoms with E-state index in [0.29, 0.717) is 18.5 Å². The Morgan fingerprint density at radius 2 is 1.75 bits per heavy atom. The van der Waals surface area contributed by atoms with Crippen LogP contribution in [0.4, 0.5) is 0 Å². The average molecular weight is 281 g/mol. The van der Waals surface area contributed by atoms with E-state index < -0.39 is 5.97 Å². The van der Waals surface area contributed by atoms with Gasteiger partial charge in [-0.1, -0.05) is 6.07 Å². The molecule has 1 rings (SSSR count). The Hall–Kier alpha value is -1.75. The molecule has 0 aliphatic carbocycles. The first kappa shape index (κ1) is 16.3. The lowest BCUT2D eigenvalue weighted by Crippen LogP contribution is -2.34. The molecule has 0 amide bonds. The molecule has 112 valence electrons. The van der Waals surface area contributed by atoms with Gasteiger partial charge in [0.05, 0.1) is 5.56 Å². The van der Waals surface area contributed by atoms with E-state index in [4.69, 9.17) is 5.11 Å². The maximum absolute atomic E-state index is 10.6. The van der Waals surface area contributed by atoms with Crippen molar-refractivity contribution in [3.8, 4) is 11.5 Å². The molecule has 0 aromatic heterocycles. The second-order valence-corrected chi connectivity index (χ2v) is 5.21. The number of carboxylic acid groups (broad SMARTS) is 1. The highest BCUT2D eigenvalue weighted by Crippen LogP contribution is 2.36. The number of aliphatic carboxylic acids is 1. The molecule has 1 aromatic rings. The molecule has 0 fully saturated rings. The van der Waals surface area contributed by atoms with Crippen LogP contribution in [0.5, 0.6) is 11.5 Å². The topological polar surface area (TPSA) is 81.0 Å². The predicted octanol–water partition coefficient (Wildman–Crippen LogP) is 2.73. The van der Waals surface area contributed by atoms with E-state index in [1.807, 2.05) is 20.8 Å². The van der Waals surface area contributed by atoms with Gasteiger partial charge in [-0.25, -0.2) is 0 Å². The second kappa shape index (κ2) is 7.14. The van der Waals surface area contributed by atoms with Crippen LogP contribution in [0.1, 0.15) is 45.2 Å². The Kier molecular flexibility index (Phi) is 5.82. The lowest BCUT2D eigenvalue weighted by atomic mass is 10.0. The third-order valence-corrected chi connectivity index (χ3v) is 3.45. The number of aromatic hydroxyl groups is 2. The zero-order chi connectivity index (χ0) is 15.3. The summed E-state index contributed by atoms with van der Waals surface area (Å²) >= 11 is 0. The molecule has 1 atom stereocenters. The minimum atomic E-state index is -0.813. The molecule has 0 saturated carbocycles. The highest BCUT2D eigenvalue weighted by molar-refractivity contribution is 5.66. The summed E-state index contributed by atoms with van der Waals surface area (Å²) in [5.74, 6) is -0.700. The third-order valence-electron chi connectivity index (χ3n) is 3.45. The molecule has 3 N–H and O–H groups in total. The molecule has 0 aliphatic heterocycles. The first-order valence-corrected chi connectivity index (χ1v) is 6.83. The van der Waals surface area contributed by atoms with Crippen LogP contribution in [-0.2, 0) is 4.79 Å². The molecular weight excluding hydrogens is 258 g/mol. The Labute approximate surface area is 119 Å². The van der Waals surface area contributed by atoms with Crippen molar-refractivity contribution in [1.29, 1.82) is 0 Å². The number of carbonyl (C=O) groups is 1. The van der Waals surface area contributed by atoms with Crippen LogP contribution in [-0.4, -0.2) is 38.8 Å². The van der Waals surface area contributed by atoms with Crippen molar-refractivity contribution < 1.29 is 20.1 Å². The number of rotatable bonds is 7. The van der Waals surface area contributed by atoms with E-state index in [1.54, 1.807) is 18.2 Å². The van der Waals surface area contributed by atoms with E-state index in [9.17, 15) is 15.0 Å². The largest absolute Gasteiger partial charge is 0.507 e. The minimum absolute atomic E-state index is 0.0568. The fourth-order valence-electron chi connectivity index (χ4n) is 2.45. The molecule has 0 saturated heterocycles.